The Hall–Kier alpha value is -3.01. The predicted molar refractivity (Wildman–Crippen MR) is 99.8 cm³/mol. The molecule has 2 aromatic rings. The molecule has 7 heteroatoms. The minimum absolute atomic E-state index is 0.349. The molecule has 1 aromatic carbocycles. The van der Waals surface area contributed by atoms with Crippen LogP contribution in [0.1, 0.15) is 38.8 Å². The number of fused-ring (bicyclic) bond motifs is 1. The molecule has 1 atom stereocenters. The molecule has 0 amide bonds. The summed E-state index contributed by atoms with van der Waals surface area (Å²) in [5, 5.41) is 10.3. The normalized spacial score (nSPS) is 13.6. The first-order valence-electron chi connectivity index (χ1n) is 8.42. The van der Waals surface area contributed by atoms with Gasteiger partial charge in [-0.25, -0.2) is 9.59 Å². The highest BCUT2D eigenvalue weighted by atomic mass is 16.6. The van der Waals surface area contributed by atoms with Crippen molar-refractivity contribution in [3.8, 4) is 11.8 Å². The van der Waals surface area contributed by atoms with Gasteiger partial charge in [-0.2, -0.15) is 5.26 Å². The molecule has 2 rings (SSSR count). The first kappa shape index (κ1) is 20.3. The number of ether oxygens (including phenoxy) is 3. The van der Waals surface area contributed by atoms with Crippen molar-refractivity contribution in [3.63, 3.8) is 0 Å². The molecule has 7 nitrogen and oxygen atoms in total. The lowest BCUT2D eigenvalue weighted by Crippen LogP contribution is -2.33. The summed E-state index contributed by atoms with van der Waals surface area (Å²) < 4.78 is 17.1. The topological polar surface area (TPSA) is 90.5 Å². The lowest BCUT2D eigenvalue weighted by Gasteiger charge is -2.24. The van der Waals surface area contributed by atoms with Crippen LogP contribution in [0.5, 0.6) is 5.75 Å². The molecule has 0 radical (unpaired) electrons. The molecule has 0 fully saturated rings. The molecule has 1 unspecified atom stereocenters. The smallest absolute Gasteiger partial charge is 0.419 e. The summed E-state index contributed by atoms with van der Waals surface area (Å²) in [6, 6.07) is 5.39. The van der Waals surface area contributed by atoms with Crippen LogP contribution in [0.15, 0.2) is 18.3 Å². The van der Waals surface area contributed by atoms with E-state index in [0.29, 0.717) is 22.2 Å². The third kappa shape index (κ3) is 3.47. The van der Waals surface area contributed by atoms with Gasteiger partial charge in [0.05, 0.1) is 25.8 Å². The van der Waals surface area contributed by atoms with Crippen LogP contribution < -0.4 is 4.74 Å². The molecule has 1 aromatic heterocycles. The highest BCUT2D eigenvalue weighted by Crippen LogP contribution is 2.40. The molecule has 0 N–H and O–H groups in total. The van der Waals surface area contributed by atoms with E-state index in [1.807, 2.05) is 13.0 Å². The van der Waals surface area contributed by atoms with Gasteiger partial charge in [0.2, 0.25) is 0 Å². The average molecular weight is 372 g/mol. The molecule has 0 aliphatic heterocycles. The molecular weight excluding hydrogens is 348 g/mol. The van der Waals surface area contributed by atoms with Gasteiger partial charge in [0.25, 0.3) is 0 Å². The minimum Gasteiger partial charge on any atom is -0.496 e. The molecule has 27 heavy (non-hydrogen) atoms. The molecule has 0 aliphatic rings. The number of hydrogen-bond donors (Lipinski definition) is 0. The Balaban J connectivity index is 2.84. The number of aromatic nitrogens is 1. The van der Waals surface area contributed by atoms with Gasteiger partial charge >= 0.3 is 12.1 Å². The third-order valence-electron chi connectivity index (χ3n) is 4.25. The molecular formula is C20H24N2O5. The monoisotopic (exact) mass is 372 g/mol. The first-order chi connectivity index (χ1) is 12.5. The fourth-order valence-electron chi connectivity index (χ4n) is 3.05. The second kappa shape index (κ2) is 6.95. The van der Waals surface area contributed by atoms with Gasteiger partial charge < -0.3 is 14.2 Å². The fraction of sp³-hybridized carbons (Fsp3) is 0.450. The predicted octanol–water partition coefficient (Wildman–Crippen LogP) is 3.70. The van der Waals surface area contributed by atoms with E-state index in [9.17, 15) is 14.9 Å². The van der Waals surface area contributed by atoms with Crippen LogP contribution in [0.4, 0.5) is 4.79 Å². The summed E-state index contributed by atoms with van der Waals surface area (Å²) in [6.45, 7) is 8.62. The maximum absolute atomic E-state index is 12.6. The average Bonchev–Trinajstić information content (AvgIpc) is 3.04. The largest absolute Gasteiger partial charge is 0.496 e. The van der Waals surface area contributed by atoms with Crippen LogP contribution in [0.3, 0.4) is 0 Å². The third-order valence-corrected chi connectivity index (χ3v) is 4.25. The van der Waals surface area contributed by atoms with E-state index in [0.717, 1.165) is 5.56 Å². The Bertz CT molecular complexity index is 946. The minimum atomic E-state index is -1.61. The number of carbonyl (C=O) groups is 2. The second-order valence-corrected chi connectivity index (χ2v) is 7.43. The molecule has 144 valence electrons. The van der Waals surface area contributed by atoms with Gasteiger partial charge in [-0.3, -0.25) is 4.57 Å². The summed E-state index contributed by atoms with van der Waals surface area (Å²) in [4.78, 5) is 25.0. The molecule has 0 saturated heterocycles. The van der Waals surface area contributed by atoms with Crippen LogP contribution in [-0.4, -0.2) is 36.5 Å². The van der Waals surface area contributed by atoms with Gasteiger partial charge in [-0.1, -0.05) is 0 Å². The highest BCUT2D eigenvalue weighted by Gasteiger charge is 2.41. The summed E-state index contributed by atoms with van der Waals surface area (Å²) in [5.74, 6) is -0.338. The van der Waals surface area contributed by atoms with E-state index in [1.165, 1.54) is 25.7 Å². The molecule has 0 aliphatic carbocycles. The van der Waals surface area contributed by atoms with Gasteiger partial charge in [0.15, 0.2) is 5.41 Å². The summed E-state index contributed by atoms with van der Waals surface area (Å²) in [7, 11) is 2.69. The van der Waals surface area contributed by atoms with E-state index in [2.05, 4.69) is 0 Å². The van der Waals surface area contributed by atoms with Crippen molar-refractivity contribution in [2.75, 3.05) is 14.2 Å². The maximum Gasteiger partial charge on any atom is 0.419 e. The van der Waals surface area contributed by atoms with Crippen molar-refractivity contribution in [2.45, 2.75) is 45.6 Å². The molecule has 0 spiro atoms. The van der Waals surface area contributed by atoms with Crippen LogP contribution in [0.25, 0.3) is 10.9 Å². The van der Waals surface area contributed by atoms with Crippen molar-refractivity contribution in [3.05, 3.63) is 29.5 Å². The van der Waals surface area contributed by atoms with Crippen LogP contribution >= 0.6 is 0 Å². The van der Waals surface area contributed by atoms with Crippen molar-refractivity contribution >= 4 is 23.0 Å². The second-order valence-electron chi connectivity index (χ2n) is 7.43. The summed E-state index contributed by atoms with van der Waals surface area (Å²) in [5.41, 5.74) is -0.629. The Morgan fingerprint density at radius 1 is 1.19 bits per heavy atom. The number of benzene rings is 1. The van der Waals surface area contributed by atoms with Crippen molar-refractivity contribution in [2.24, 2.45) is 0 Å². The molecule has 1 heterocycles. The lowest BCUT2D eigenvalue weighted by molar-refractivity contribution is -0.144. The quantitative estimate of drug-likeness (QED) is 0.763. The van der Waals surface area contributed by atoms with Crippen LogP contribution in [0.2, 0.25) is 0 Å². The van der Waals surface area contributed by atoms with Gasteiger partial charge in [0.1, 0.15) is 11.4 Å². The zero-order chi connectivity index (χ0) is 20.6. The number of nitrogens with zero attached hydrogens (tertiary/aromatic N) is 2. The van der Waals surface area contributed by atoms with E-state index in [1.54, 1.807) is 39.1 Å². The number of rotatable bonds is 3. The number of carbonyl (C=O) groups excluding carboxylic acids is 2. The van der Waals surface area contributed by atoms with E-state index in [-0.39, 0.29) is 0 Å². The molecule has 0 bridgehead atoms. The number of nitriles is 1. The standard InChI is InChI=1S/C20H24N2O5/c1-12-10-14(25-6)15(20(5,11-21)17(23)26-7)13-8-9-22(16(12)13)18(24)27-19(2,3)4/h8-10H,1-7H3. The SMILES string of the molecule is COC(=O)C(C)(C#N)c1c(OC)cc(C)c2c1ccn2C(=O)OC(C)(C)C. The van der Waals surface area contributed by atoms with Gasteiger partial charge in [-0.05, 0) is 52.3 Å². The first-order valence-corrected chi connectivity index (χ1v) is 8.42. The lowest BCUT2D eigenvalue weighted by atomic mass is 9.81. The summed E-state index contributed by atoms with van der Waals surface area (Å²) in [6.07, 6.45) is 1.01. The highest BCUT2D eigenvalue weighted by molar-refractivity contribution is 6.00. The maximum atomic E-state index is 12.6. The number of esters is 1. The van der Waals surface area contributed by atoms with E-state index >= 15 is 0 Å². The fourth-order valence-corrected chi connectivity index (χ4v) is 3.05. The summed E-state index contributed by atoms with van der Waals surface area (Å²) >= 11 is 0. The zero-order valence-electron chi connectivity index (χ0n) is 16.7. The van der Waals surface area contributed by atoms with Gasteiger partial charge in [0, 0.05) is 17.1 Å². The zero-order valence-corrected chi connectivity index (χ0v) is 16.7. The number of aryl methyl sites for hydroxylation is 1. The Morgan fingerprint density at radius 2 is 1.81 bits per heavy atom. The van der Waals surface area contributed by atoms with Crippen molar-refractivity contribution in [1.29, 1.82) is 5.26 Å². The van der Waals surface area contributed by atoms with Gasteiger partial charge in [-0.15, -0.1) is 0 Å². The van der Waals surface area contributed by atoms with E-state index in [4.69, 9.17) is 14.2 Å². The Kier molecular flexibility index (Phi) is 5.23. The van der Waals surface area contributed by atoms with Crippen molar-refractivity contribution < 1.29 is 23.8 Å². The van der Waals surface area contributed by atoms with E-state index < -0.39 is 23.1 Å². The Labute approximate surface area is 158 Å². The van der Waals surface area contributed by atoms with Crippen molar-refractivity contribution in [1.82, 2.24) is 4.57 Å². The van der Waals surface area contributed by atoms with Crippen LogP contribution in [0, 0.1) is 18.3 Å². The molecule has 0 saturated carbocycles. The number of methoxy groups -OCH3 is 2. The van der Waals surface area contributed by atoms with Crippen LogP contribution in [-0.2, 0) is 19.7 Å². The Morgan fingerprint density at radius 3 is 2.30 bits per heavy atom. The number of hydrogen-bond acceptors (Lipinski definition) is 6.